The van der Waals surface area contributed by atoms with Gasteiger partial charge in [0, 0.05) is 12.2 Å². The van der Waals surface area contributed by atoms with Crippen molar-refractivity contribution in [3.63, 3.8) is 0 Å². The minimum absolute atomic E-state index is 0.229. The molecule has 3 heteroatoms. The number of hydrogen-bond donors (Lipinski definition) is 1. The summed E-state index contributed by atoms with van der Waals surface area (Å²) >= 11 is 0. The topological polar surface area (TPSA) is 21.3 Å². The van der Waals surface area contributed by atoms with Crippen molar-refractivity contribution >= 4 is 5.69 Å². The molecule has 19 heavy (non-hydrogen) atoms. The van der Waals surface area contributed by atoms with E-state index in [1.165, 1.54) is 17.7 Å². The van der Waals surface area contributed by atoms with Crippen molar-refractivity contribution in [3.05, 3.63) is 58.9 Å². The predicted octanol–water partition coefficient (Wildman–Crippen LogP) is 4.06. The van der Waals surface area contributed by atoms with Gasteiger partial charge in [0.1, 0.15) is 11.6 Å². The third-order valence-electron chi connectivity index (χ3n) is 3.16. The monoisotopic (exact) mass is 259 g/mol. The lowest BCUT2D eigenvalue weighted by molar-refractivity contribution is 0.411. The van der Waals surface area contributed by atoms with Crippen LogP contribution in [0.3, 0.4) is 0 Å². The molecule has 0 unspecified atom stereocenters. The normalized spacial score (nSPS) is 10.3. The van der Waals surface area contributed by atoms with E-state index in [4.69, 9.17) is 4.74 Å². The fourth-order valence-corrected chi connectivity index (χ4v) is 2.06. The Morgan fingerprint density at radius 3 is 2.58 bits per heavy atom. The van der Waals surface area contributed by atoms with E-state index in [-0.39, 0.29) is 5.82 Å². The zero-order chi connectivity index (χ0) is 13.8. The first kappa shape index (κ1) is 13.4. The second kappa shape index (κ2) is 5.74. The van der Waals surface area contributed by atoms with E-state index in [0.717, 1.165) is 22.6 Å². The molecule has 0 spiro atoms. The van der Waals surface area contributed by atoms with Gasteiger partial charge in [0.2, 0.25) is 0 Å². The minimum atomic E-state index is -0.229. The van der Waals surface area contributed by atoms with Crippen LogP contribution in [-0.4, -0.2) is 7.11 Å². The lowest BCUT2D eigenvalue weighted by Crippen LogP contribution is -2.03. The summed E-state index contributed by atoms with van der Waals surface area (Å²) in [6.45, 7) is 4.73. The Kier molecular flexibility index (Phi) is 4.05. The third kappa shape index (κ3) is 3.25. The summed E-state index contributed by atoms with van der Waals surface area (Å²) in [5, 5.41) is 3.23. The van der Waals surface area contributed by atoms with E-state index in [1.54, 1.807) is 13.2 Å². The molecule has 2 aromatic carbocycles. The minimum Gasteiger partial charge on any atom is -0.496 e. The van der Waals surface area contributed by atoms with Crippen LogP contribution in [0, 0.1) is 19.7 Å². The highest BCUT2D eigenvalue weighted by molar-refractivity contribution is 5.46. The lowest BCUT2D eigenvalue weighted by atomic mass is 10.0. The van der Waals surface area contributed by atoms with Gasteiger partial charge in [-0.25, -0.2) is 4.39 Å². The Labute approximate surface area is 113 Å². The summed E-state index contributed by atoms with van der Waals surface area (Å²) in [4.78, 5) is 0. The van der Waals surface area contributed by atoms with Gasteiger partial charge < -0.3 is 10.1 Å². The maximum atomic E-state index is 13.1. The van der Waals surface area contributed by atoms with E-state index in [2.05, 4.69) is 11.4 Å². The Morgan fingerprint density at radius 1 is 1.11 bits per heavy atom. The number of ether oxygens (including phenoxy) is 1. The number of anilines is 1. The number of hydrogen-bond acceptors (Lipinski definition) is 2. The predicted molar refractivity (Wildman–Crippen MR) is 76.2 cm³/mol. The largest absolute Gasteiger partial charge is 0.496 e. The summed E-state index contributed by atoms with van der Waals surface area (Å²) in [7, 11) is 1.67. The van der Waals surface area contributed by atoms with E-state index in [1.807, 2.05) is 26.0 Å². The summed E-state index contributed by atoms with van der Waals surface area (Å²) < 4.78 is 18.4. The van der Waals surface area contributed by atoms with Crippen LogP contribution < -0.4 is 10.1 Å². The van der Waals surface area contributed by atoms with Crippen LogP contribution in [0.25, 0.3) is 0 Å². The average Bonchev–Trinajstić information content (AvgIpc) is 2.39. The molecular weight excluding hydrogens is 241 g/mol. The van der Waals surface area contributed by atoms with E-state index in [9.17, 15) is 4.39 Å². The van der Waals surface area contributed by atoms with Crippen molar-refractivity contribution in [3.8, 4) is 5.75 Å². The first-order valence-corrected chi connectivity index (χ1v) is 6.23. The summed E-state index contributed by atoms with van der Waals surface area (Å²) in [5.74, 6) is 0.666. The summed E-state index contributed by atoms with van der Waals surface area (Å²) in [6, 6.07) is 10.6. The van der Waals surface area contributed by atoms with Gasteiger partial charge in [-0.1, -0.05) is 12.1 Å². The molecule has 100 valence electrons. The molecule has 0 aliphatic rings. The molecule has 0 bridgehead atoms. The molecule has 0 atom stereocenters. The van der Waals surface area contributed by atoms with Gasteiger partial charge in [-0.3, -0.25) is 0 Å². The van der Waals surface area contributed by atoms with Crippen molar-refractivity contribution in [1.29, 1.82) is 0 Å². The van der Waals surface area contributed by atoms with Crippen LogP contribution in [0.5, 0.6) is 5.75 Å². The third-order valence-corrected chi connectivity index (χ3v) is 3.16. The molecule has 0 fully saturated rings. The molecule has 0 saturated heterocycles. The second-order valence-corrected chi connectivity index (χ2v) is 4.61. The van der Waals surface area contributed by atoms with Crippen molar-refractivity contribution in [1.82, 2.24) is 0 Å². The van der Waals surface area contributed by atoms with Crippen molar-refractivity contribution in [2.24, 2.45) is 0 Å². The van der Waals surface area contributed by atoms with Crippen LogP contribution in [0.1, 0.15) is 16.7 Å². The lowest BCUT2D eigenvalue weighted by Gasteiger charge is -2.13. The fraction of sp³-hybridized carbons (Fsp3) is 0.250. The smallest absolute Gasteiger partial charge is 0.125 e. The highest BCUT2D eigenvalue weighted by Gasteiger charge is 2.05. The number of nitrogens with one attached hydrogen (secondary N) is 1. The van der Waals surface area contributed by atoms with Crippen LogP contribution in [0.4, 0.5) is 10.1 Å². The molecule has 0 aliphatic heterocycles. The Balaban J connectivity index is 2.13. The van der Waals surface area contributed by atoms with Crippen molar-refractivity contribution in [2.75, 3.05) is 12.4 Å². The number of aryl methyl sites for hydroxylation is 2. The van der Waals surface area contributed by atoms with Gasteiger partial charge in [0.25, 0.3) is 0 Å². The van der Waals surface area contributed by atoms with Crippen molar-refractivity contribution < 1.29 is 9.13 Å². The molecule has 2 rings (SSSR count). The summed E-state index contributed by atoms with van der Waals surface area (Å²) in [6.07, 6.45) is 0. The molecule has 1 N–H and O–H groups in total. The number of rotatable bonds is 4. The van der Waals surface area contributed by atoms with Gasteiger partial charge in [-0.15, -0.1) is 0 Å². The molecule has 2 aromatic rings. The Hall–Kier alpha value is -2.03. The fourth-order valence-electron chi connectivity index (χ4n) is 2.06. The molecule has 0 saturated carbocycles. The standard InChI is InChI=1S/C16H18FNO/c1-11-8-16(19-3)12(2)7-13(11)10-18-15-6-4-5-14(17)9-15/h4-9,18H,10H2,1-3H3. The zero-order valence-corrected chi connectivity index (χ0v) is 11.5. The number of methoxy groups -OCH3 is 1. The molecule has 0 amide bonds. The van der Waals surface area contributed by atoms with Crippen molar-refractivity contribution in [2.45, 2.75) is 20.4 Å². The van der Waals surface area contributed by atoms with Crippen LogP contribution in [0.15, 0.2) is 36.4 Å². The molecule has 2 nitrogen and oxygen atoms in total. The Bertz CT molecular complexity index is 581. The van der Waals surface area contributed by atoms with Crippen LogP contribution >= 0.6 is 0 Å². The maximum Gasteiger partial charge on any atom is 0.125 e. The van der Waals surface area contributed by atoms with Gasteiger partial charge in [0.15, 0.2) is 0 Å². The zero-order valence-electron chi connectivity index (χ0n) is 11.5. The molecule has 0 radical (unpaired) electrons. The first-order chi connectivity index (χ1) is 9.10. The van der Waals surface area contributed by atoms with Gasteiger partial charge in [-0.05, 0) is 54.8 Å². The SMILES string of the molecule is COc1cc(C)c(CNc2cccc(F)c2)cc1C. The van der Waals surface area contributed by atoms with Crippen LogP contribution in [-0.2, 0) is 6.54 Å². The maximum absolute atomic E-state index is 13.1. The molecule has 0 aromatic heterocycles. The van der Waals surface area contributed by atoms with E-state index < -0.39 is 0 Å². The molecule has 0 heterocycles. The average molecular weight is 259 g/mol. The quantitative estimate of drug-likeness (QED) is 0.894. The second-order valence-electron chi connectivity index (χ2n) is 4.61. The highest BCUT2D eigenvalue weighted by Crippen LogP contribution is 2.23. The number of halogens is 1. The Morgan fingerprint density at radius 2 is 1.89 bits per heavy atom. The number of benzene rings is 2. The van der Waals surface area contributed by atoms with Gasteiger partial charge >= 0.3 is 0 Å². The molecular formula is C16H18FNO. The van der Waals surface area contributed by atoms with E-state index in [0.29, 0.717) is 6.54 Å². The first-order valence-electron chi connectivity index (χ1n) is 6.23. The van der Waals surface area contributed by atoms with E-state index >= 15 is 0 Å². The van der Waals surface area contributed by atoms with Gasteiger partial charge in [0.05, 0.1) is 7.11 Å². The van der Waals surface area contributed by atoms with Gasteiger partial charge in [-0.2, -0.15) is 0 Å². The molecule has 0 aliphatic carbocycles. The highest BCUT2D eigenvalue weighted by atomic mass is 19.1. The summed E-state index contributed by atoms with van der Waals surface area (Å²) in [5.41, 5.74) is 4.23. The van der Waals surface area contributed by atoms with Crippen LogP contribution in [0.2, 0.25) is 0 Å².